The van der Waals surface area contributed by atoms with E-state index >= 15 is 0 Å². The highest BCUT2D eigenvalue weighted by molar-refractivity contribution is 5.20. The molecule has 1 heterocycles. The Morgan fingerprint density at radius 1 is 1.24 bits per heavy atom. The summed E-state index contributed by atoms with van der Waals surface area (Å²) in [6.07, 6.45) is 1.23. The van der Waals surface area contributed by atoms with Gasteiger partial charge in [-0.2, -0.15) is 0 Å². The molecular weight excluding hydrogens is 260 g/mol. The van der Waals surface area contributed by atoms with Gasteiger partial charge in [0.15, 0.2) is 0 Å². The summed E-state index contributed by atoms with van der Waals surface area (Å²) in [5.74, 6) is 3.58. The van der Waals surface area contributed by atoms with Gasteiger partial charge in [-0.15, -0.1) is 0 Å². The summed E-state index contributed by atoms with van der Waals surface area (Å²) < 4.78 is 5.94. The second kappa shape index (κ2) is 9.26. The molecule has 0 fully saturated rings. The maximum Gasteiger partial charge on any atom is 0.118 e. The van der Waals surface area contributed by atoms with Crippen LogP contribution in [-0.2, 0) is 13.1 Å². The van der Waals surface area contributed by atoms with Crippen molar-refractivity contribution >= 4 is 0 Å². The fraction of sp³-hybridized carbons (Fsp3) is 0.778. The molecule has 21 heavy (non-hydrogen) atoms. The Bertz CT molecular complexity index is 398. The minimum Gasteiger partial charge on any atom is -0.465 e. The van der Waals surface area contributed by atoms with Gasteiger partial charge in [-0.05, 0) is 37.9 Å². The van der Waals surface area contributed by atoms with Crippen molar-refractivity contribution in [1.82, 2.24) is 10.2 Å². The van der Waals surface area contributed by atoms with Gasteiger partial charge in [0.05, 0.1) is 6.54 Å². The van der Waals surface area contributed by atoms with Crippen LogP contribution < -0.4 is 5.32 Å². The lowest BCUT2D eigenvalue weighted by molar-refractivity contribution is 0.219. The standard InChI is InChI=1S/C18H34N2O/c1-7-15(5)12-20(8-2)13-18-9-17(16(6)21-18)11-19-10-14(3)4/h9,14-15,19H,7-8,10-13H2,1-6H3. The van der Waals surface area contributed by atoms with Crippen LogP contribution in [0.1, 0.15) is 58.1 Å². The first kappa shape index (κ1) is 18.2. The van der Waals surface area contributed by atoms with Crippen LogP contribution in [0.15, 0.2) is 10.5 Å². The molecule has 1 N–H and O–H groups in total. The van der Waals surface area contributed by atoms with Crippen LogP contribution in [0, 0.1) is 18.8 Å². The van der Waals surface area contributed by atoms with E-state index in [1.54, 1.807) is 0 Å². The molecule has 1 atom stereocenters. The number of aryl methyl sites for hydroxylation is 1. The van der Waals surface area contributed by atoms with E-state index in [9.17, 15) is 0 Å². The highest BCUT2D eigenvalue weighted by Gasteiger charge is 2.12. The van der Waals surface area contributed by atoms with E-state index < -0.39 is 0 Å². The lowest BCUT2D eigenvalue weighted by Gasteiger charge is -2.22. The number of furan rings is 1. The van der Waals surface area contributed by atoms with Crippen LogP contribution in [0.5, 0.6) is 0 Å². The molecular formula is C18H34N2O. The minimum atomic E-state index is 0.683. The van der Waals surface area contributed by atoms with E-state index in [1.165, 1.54) is 12.0 Å². The van der Waals surface area contributed by atoms with Gasteiger partial charge in [0.25, 0.3) is 0 Å². The molecule has 0 amide bonds. The Morgan fingerprint density at radius 2 is 1.95 bits per heavy atom. The van der Waals surface area contributed by atoms with Crippen molar-refractivity contribution in [1.29, 1.82) is 0 Å². The maximum atomic E-state index is 5.94. The van der Waals surface area contributed by atoms with E-state index in [1.807, 2.05) is 0 Å². The Hall–Kier alpha value is -0.800. The number of hydrogen-bond acceptors (Lipinski definition) is 3. The molecule has 122 valence electrons. The minimum absolute atomic E-state index is 0.683. The highest BCUT2D eigenvalue weighted by Crippen LogP contribution is 2.17. The third-order valence-corrected chi connectivity index (χ3v) is 4.03. The van der Waals surface area contributed by atoms with Crippen molar-refractivity contribution in [3.05, 3.63) is 23.2 Å². The summed E-state index contributed by atoms with van der Waals surface area (Å²) in [6.45, 7) is 18.4. The average molecular weight is 294 g/mol. The van der Waals surface area contributed by atoms with E-state index in [0.717, 1.165) is 50.2 Å². The summed E-state index contributed by atoms with van der Waals surface area (Å²) in [5, 5.41) is 3.49. The first-order valence-electron chi connectivity index (χ1n) is 8.47. The van der Waals surface area contributed by atoms with Crippen molar-refractivity contribution in [2.75, 3.05) is 19.6 Å². The van der Waals surface area contributed by atoms with Crippen LogP contribution in [-0.4, -0.2) is 24.5 Å². The zero-order valence-electron chi connectivity index (χ0n) is 14.8. The zero-order chi connectivity index (χ0) is 15.8. The number of hydrogen-bond donors (Lipinski definition) is 1. The fourth-order valence-corrected chi connectivity index (χ4v) is 2.43. The van der Waals surface area contributed by atoms with Crippen molar-refractivity contribution in [3.63, 3.8) is 0 Å². The molecule has 1 unspecified atom stereocenters. The largest absolute Gasteiger partial charge is 0.465 e. The van der Waals surface area contributed by atoms with Gasteiger partial charge in [0.1, 0.15) is 11.5 Å². The molecule has 3 nitrogen and oxygen atoms in total. The predicted molar refractivity (Wildman–Crippen MR) is 90.4 cm³/mol. The molecule has 3 heteroatoms. The summed E-state index contributed by atoms with van der Waals surface area (Å²) >= 11 is 0. The highest BCUT2D eigenvalue weighted by atomic mass is 16.3. The third kappa shape index (κ3) is 6.66. The summed E-state index contributed by atoms with van der Waals surface area (Å²) in [7, 11) is 0. The lowest BCUT2D eigenvalue weighted by Crippen LogP contribution is -2.27. The molecule has 1 aromatic rings. The summed E-state index contributed by atoms with van der Waals surface area (Å²) in [6, 6.07) is 2.22. The quantitative estimate of drug-likeness (QED) is 0.701. The molecule has 0 radical (unpaired) electrons. The van der Waals surface area contributed by atoms with E-state index in [4.69, 9.17) is 4.42 Å². The first-order chi connectivity index (χ1) is 9.96. The van der Waals surface area contributed by atoms with Gasteiger partial charge in [-0.25, -0.2) is 0 Å². The monoisotopic (exact) mass is 294 g/mol. The van der Waals surface area contributed by atoms with Gasteiger partial charge < -0.3 is 9.73 Å². The molecule has 1 aromatic heterocycles. The van der Waals surface area contributed by atoms with Gasteiger partial charge in [-0.1, -0.05) is 41.0 Å². The average Bonchev–Trinajstić information content (AvgIpc) is 2.77. The van der Waals surface area contributed by atoms with Gasteiger partial charge in [-0.3, -0.25) is 4.90 Å². The summed E-state index contributed by atoms with van der Waals surface area (Å²) in [4.78, 5) is 2.47. The number of rotatable bonds is 10. The van der Waals surface area contributed by atoms with Crippen molar-refractivity contribution < 1.29 is 4.42 Å². The summed E-state index contributed by atoms with van der Waals surface area (Å²) in [5.41, 5.74) is 1.30. The molecule has 0 aliphatic heterocycles. The Labute approximate surface area is 131 Å². The maximum absolute atomic E-state index is 5.94. The Morgan fingerprint density at radius 3 is 2.52 bits per heavy atom. The van der Waals surface area contributed by atoms with E-state index in [-0.39, 0.29) is 0 Å². The molecule has 0 bridgehead atoms. The normalized spacial score (nSPS) is 13.3. The number of nitrogens with zero attached hydrogens (tertiary/aromatic N) is 1. The molecule has 0 saturated heterocycles. The molecule has 0 aliphatic rings. The van der Waals surface area contributed by atoms with Crippen molar-refractivity contribution in [3.8, 4) is 0 Å². The fourth-order valence-electron chi connectivity index (χ4n) is 2.43. The van der Waals surface area contributed by atoms with Crippen LogP contribution in [0.25, 0.3) is 0 Å². The topological polar surface area (TPSA) is 28.4 Å². The molecule has 1 rings (SSSR count). The van der Waals surface area contributed by atoms with Crippen LogP contribution in [0.2, 0.25) is 0 Å². The predicted octanol–water partition coefficient (Wildman–Crippen LogP) is 4.20. The van der Waals surface area contributed by atoms with Gasteiger partial charge in [0, 0.05) is 18.7 Å². The van der Waals surface area contributed by atoms with E-state index in [0.29, 0.717) is 5.92 Å². The van der Waals surface area contributed by atoms with Gasteiger partial charge >= 0.3 is 0 Å². The molecule has 0 saturated carbocycles. The van der Waals surface area contributed by atoms with Crippen LogP contribution >= 0.6 is 0 Å². The van der Waals surface area contributed by atoms with Crippen LogP contribution in [0.3, 0.4) is 0 Å². The smallest absolute Gasteiger partial charge is 0.118 e. The van der Waals surface area contributed by atoms with Crippen LogP contribution in [0.4, 0.5) is 0 Å². The molecule has 0 aliphatic carbocycles. The first-order valence-corrected chi connectivity index (χ1v) is 8.47. The third-order valence-electron chi connectivity index (χ3n) is 4.03. The number of nitrogens with one attached hydrogen (secondary N) is 1. The van der Waals surface area contributed by atoms with Crippen molar-refractivity contribution in [2.45, 2.75) is 61.1 Å². The molecule has 0 aromatic carbocycles. The second-order valence-electron chi connectivity index (χ2n) is 6.66. The zero-order valence-corrected chi connectivity index (χ0v) is 14.8. The SMILES string of the molecule is CCC(C)CN(CC)Cc1cc(CNCC(C)C)c(C)o1. The van der Waals surface area contributed by atoms with Gasteiger partial charge in [0.2, 0.25) is 0 Å². The van der Waals surface area contributed by atoms with Crippen molar-refractivity contribution in [2.24, 2.45) is 11.8 Å². The Balaban J connectivity index is 2.55. The second-order valence-corrected chi connectivity index (χ2v) is 6.66. The lowest BCUT2D eigenvalue weighted by atomic mass is 10.1. The Kier molecular flexibility index (Phi) is 8.05. The molecule has 0 spiro atoms. The van der Waals surface area contributed by atoms with E-state index in [2.05, 4.69) is 57.8 Å².